The number of alkyl halides is 2. The lowest BCUT2D eigenvalue weighted by molar-refractivity contribution is -0.221. The Labute approximate surface area is 117 Å². The molecule has 1 aliphatic rings. The summed E-state index contributed by atoms with van der Waals surface area (Å²) in [6.45, 7) is 2.28. The molecule has 0 saturated carbocycles. The fourth-order valence-corrected chi connectivity index (χ4v) is 1.88. The summed E-state index contributed by atoms with van der Waals surface area (Å²) in [5.74, 6) is -3.04. The Kier molecular flexibility index (Phi) is 5.23. The first-order valence-corrected chi connectivity index (χ1v) is 6.57. The van der Waals surface area contributed by atoms with Crippen LogP contribution in [0.5, 0.6) is 0 Å². The van der Waals surface area contributed by atoms with E-state index in [0.717, 1.165) is 11.6 Å². The molecule has 20 heavy (non-hydrogen) atoms. The van der Waals surface area contributed by atoms with Crippen LogP contribution in [-0.2, 0) is 20.8 Å². The maximum Gasteiger partial charge on any atom is 0.294 e. The van der Waals surface area contributed by atoms with Gasteiger partial charge in [-0.25, -0.2) is 0 Å². The molecule has 0 aromatic heterocycles. The molecule has 0 unspecified atom stereocenters. The number of halogens is 2. The van der Waals surface area contributed by atoms with Crippen molar-refractivity contribution in [3.8, 4) is 0 Å². The molecule has 1 aromatic rings. The molecular weight excluding hydrogens is 266 g/mol. The second kappa shape index (κ2) is 6.92. The molecule has 2 atom stereocenters. The van der Waals surface area contributed by atoms with Gasteiger partial charge in [-0.15, -0.1) is 0 Å². The Hall–Kier alpha value is -1.30. The summed E-state index contributed by atoms with van der Waals surface area (Å²) < 4.78 is 43.0. The van der Waals surface area contributed by atoms with Crippen molar-refractivity contribution in [2.45, 2.75) is 31.8 Å². The van der Waals surface area contributed by atoms with Crippen LogP contribution < -0.4 is 0 Å². The van der Waals surface area contributed by atoms with Crippen LogP contribution in [0, 0.1) is 0 Å². The third-order valence-corrected chi connectivity index (χ3v) is 2.91. The van der Waals surface area contributed by atoms with E-state index in [1.165, 1.54) is 6.08 Å². The molecule has 0 spiro atoms. The highest BCUT2D eigenvalue weighted by atomic mass is 19.3. The highest BCUT2D eigenvalue weighted by Gasteiger charge is 2.42. The number of rotatable bonds is 6. The first-order valence-electron chi connectivity index (χ1n) is 6.57. The van der Waals surface area contributed by atoms with E-state index in [0.29, 0.717) is 6.61 Å². The van der Waals surface area contributed by atoms with E-state index in [9.17, 15) is 8.78 Å². The van der Waals surface area contributed by atoms with E-state index in [2.05, 4.69) is 0 Å². The smallest absolute Gasteiger partial charge is 0.294 e. The van der Waals surface area contributed by atoms with Crippen molar-refractivity contribution >= 4 is 0 Å². The lowest BCUT2D eigenvalue weighted by atomic mass is 10.1. The van der Waals surface area contributed by atoms with Gasteiger partial charge in [0, 0.05) is 6.61 Å². The molecule has 0 bridgehead atoms. The molecule has 0 amide bonds. The van der Waals surface area contributed by atoms with Crippen molar-refractivity contribution < 1.29 is 23.0 Å². The van der Waals surface area contributed by atoms with Gasteiger partial charge in [0.25, 0.3) is 5.92 Å². The van der Waals surface area contributed by atoms with Crippen molar-refractivity contribution in [1.29, 1.82) is 0 Å². The Morgan fingerprint density at radius 2 is 2.00 bits per heavy atom. The first-order chi connectivity index (χ1) is 9.62. The topological polar surface area (TPSA) is 27.7 Å². The molecule has 0 aliphatic carbocycles. The van der Waals surface area contributed by atoms with Crippen molar-refractivity contribution in [2.75, 3.05) is 13.2 Å². The van der Waals surface area contributed by atoms with Crippen LogP contribution in [0.3, 0.4) is 0 Å². The summed E-state index contributed by atoms with van der Waals surface area (Å²) >= 11 is 0. The molecule has 2 rings (SSSR count). The van der Waals surface area contributed by atoms with Crippen LogP contribution in [0.15, 0.2) is 42.5 Å². The Morgan fingerprint density at radius 3 is 2.70 bits per heavy atom. The third-order valence-electron chi connectivity index (χ3n) is 2.91. The lowest BCUT2D eigenvalue weighted by Crippen LogP contribution is -2.44. The van der Waals surface area contributed by atoms with E-state index in [1.54, 1.807) is 6.92 Å². The molecule has 3 nitrogen and oxygen atoms in total. The molecule has 5 heteroatoms. The van der Waals surface area contributed by atoms with Gasteiger partial charge in [-0.1, -0.05) is 30.3 Å². The summed E-state index contributed by atoms with van der Waals surface area (Å²) in [6, 6.07) is 9.39. The predicted molar refractivity (Wildman–Crippen MR) is 70.5 cm³/mol. The van der Waals surface area contributed by atoms with Crippen molar-refractivity contribution in [2.24, 2.45) is 0 Å². The Balaban J connectivity index is 1.86. The summed E-state index contributed by atoms with van der Waals surface area (Å²) in [5, 5.41) is 0. The average Bonchev–Trinajstić information content (AvgIpc) is 2.44. The quantitative estimate of drug-likeness (QED) is 0.751. The van der Waals surface area contributed by atoms with E-state index in [1.807, 2.05) is 30.3 Å². The minimum Gasteiger partial charge on any atom is -0.374 e. The molecule has 0 saturated heterocycles. The Bertz CT molecular complexity index is 434. The fourth-order valence-electron chi connectivity index (χ4n) is 1.88. The highest BCUT2D eigenvalue weighted by Crippen LogP contribution is 2.29. The van der Waals surface area contributed by atoms with E-state index in [-0.39, 0.29) is 13.2 Å². The van der Waals surface area contributed by atoms with Gasteiger partial charge in [0.1, 0.15) is 0 Å². The molecule has 0 fully saturated rings. The van der Waals surface area contributed by atoms with Crippen LogP contribution in [0.4, 0.5) is 8.78 Å². The van der Waals surface area contributed by atoms with Crippen LogP contribution in [-0.4, -0.2) is 31.5 Å². The van der Waals surface area contributed by atoms with Crippen LogP contribution in [0.1, 0.15) is 12.5 Å². The fraction of sp³-hybridized carbons (Fsp3) is 0.467. The summed E-state index contributed by atoms with van der Waals surface area (Å²) in [4.78, 5) is 0. The zero-order valence-electron chi connectivity index (χ0n) is 11.3. The second-order valence-electron chi connectivity index (χ2n) is 4.48. The molecule has 1 aromatic carbocycles. The second-order valence-corrected chi connectivity index (χ2v) is 4.48. The van der Waals surface area contributed by atoms with Gasteiger partial charge >= 0.3 is 0 Å². The monoisotopic (exact) mass is 284 g/mol. The zero-order chi connectivity index (χ0) is 14.4. The number of hydrogen-bond donors (Lipinski definition) is 0. The van der Waals surface area contributed by atoms with Gasteiger partial charge in [-0.2, -0.15) is 8.78 Å². The predicted octanol–water partition coefficient (Wildman–Crippen LogP) is 3.16. The molecular formula is C15H18F2O3. The van der Waals surface area contributed by atoms with Gasteiger partial charge in [0.2, 0.25) is 0 Å². The van der Waals surface area contributed by atoms with Gasteiger partial charge in [0.15, 0.2) is 12.4 Å². The van der Waals surface area contributed by atoms with Crippen LogP contribution in [0.2, 0.25) is 0 Å². The molecule has 0 radical (unpaired) electrons. The SMILES string of the molecule is CCO[C@@H]1C=CC(F)(F)[C@@H](COCc2ccccc2)O1. The molecule has 0 N–H and O–H groups in total. The first kappa shape index (κ1) is 15.1. The van der Waals surface area contributed by atoms with Crippen LogP contribution in [0.25, 0.3) is 0 Å². The van der Waals surface area contributed by atoms with Gasteiger partial charge in [0.05, 0.1) is 13.2 Å². The lowest BCUT2D eigenvalue weighted by Gasteiger charge is -2.31. The number of hydrogen-bond acceptors (Lipinski definition) is 3. The molecule has 110 valence electrons. The minimum atomic E-state index is -3.04. The van der Waals surface area contributed by atoms with Crippen molar-refractivity contribution in [3.05, 3.63) is 48.0 Å². The largest absolute Gasteiger partial charge is 0.374 e. The van der Waals surface area contributed by atoms with Crippen molar-refractivity contribution in [3.63, 3.8) is 0 Å². The number of ether oxygens (including phenoxy) is 3. The van der Waals surface area contributed by atoms with Crippen LogP contribution >= 0.6 is 0 Å². The molecule has 1 heterocycles. The maximum atomic E-state index is 13.7. The minimum absolute atomic E-state index is 0.185. The van der Waals surface area contributed by atoms with Gasteiger partial charge in [-0.05, 0) is 24.6 Å². The van der Waals surface area contributed by atoms with E-state index >= 15 is 0 Å². The van der Waals surface area contributed by atoms with E-state index in [4.69, 9.17) is 14.2 Å². The average molecular weight is 284 g/mol. The normalized spacial score (nSPS) is 24.8. The van der Waals surface area contributed by atoms with E-state index < -0.39 is 18.3 Å². The summed E-state index contributed by atoms with van der Waals surface area (Å²) in [5.41, 5.74) is 0.934. The standard InChI is InChI=1S/C15H18F2O3/c1-2-19-14-8-9-15(16,17)13(20-14)11-18-10-12-6-4-3-5-7-12/h3-9,13-14H,2,10-11H2,1H3/t13-,14+/m1/s1. The highest BCUT2D eigenvalue weighted by molar-refractivity contribution is 5.13. The summed E-state index contributed by atoms with van der Waals surface area (Å²) in [7, 11) is 0. The Morgan fingerprint density at radius 1 is 1.25 bits per heavy atom. The van der Waals surface area contributed by atoms with Gasteiger partial charge in [-0.3, -0.25) is 0 Å². The third kappa shape index (κ3) is 4.10. The van der Waals surface area contributed by atoms with Crippen molar-refractivity contribution in [1.82, 2.24) is 0 Å². The number of benzene rings is 1. The van der Waals surface area contributed by atoms with Gasteiger partial charge < -0.3 is 14.2 Å². The zero-order valence-corrected chi connectivity index (χ0v) is 11.3. The maximum absolute atomic E-state index is 13.7. The summed E-state index contributed by atoms with van der Waals surface area (Å²) in [6.07, 6.45) is 0.00241. The molecule has 1 aliphatic heterocycles.